The minimum absolute atomic E-state index is 0.153. The minimum atomic E-state index is -0.153. The lowest BCUT2D eigenvalue weighted by molar-refractivity contribution is 0.156. The van der Waals surface area contributed by atoms with Gasteiger partial charge in [0.05, 0.1) is 0 Å². The summed E-state index contributed by atoms with van der Waals surface area (Å²) in [6.07, 6.45) is 3.40. The monoisotopic (exact) mass is 311 g/mol. The summed E-state index contributed by atoms with van der Waals surface area (Å²) in [4.78, 5) is 0. The molecule has 1 saturated carbocycles. The Morgan fingerprint density at radius 3 is 2.71 bits per heavy atom. The van der Waals surface area contributed by atoms with Crippen molar-refractivity contribution in [3.63, 3.8) is 0 Å². The smallest absolute Gasteiger partial charge is 0.128 e. The first-order chi connectivity index (χ1) is 9.78. The summed E-state index contributed by atoms with van der Waals surface area (Å²) in [6, 6.07) is 5.61. The van der Waals surface area contributed by atoms with Crippen LogP contribution in [0.5, 0.6) is 0 Å². The molecule has 0 amide bonds. The fraction of sp³-hybridized carbons (Fsp3) is 0.667. The Hall–Kier alpha value is -0.600. The van der Waals surface area contributed by atoms with E-state index in [2.05, 4.69) is 33.0 Å². The van der Waals surface area contributed by atoms with Gasteiger partial charge in [-0.25, -0.2) is 4.39 Å². The van der Waals surface area contributed by atoms with Crippen LogP contribution in [0, 0.1) is 17.2 Å². The molecule has 1 aromatic carbocycles. The van der Waals surface area contributed by atoms with Crippen LogP contribution in [0.15, 0.2) is 18.2 Å². The van der Waals surface area contributed by atoms with Gasteiger partial charge < -0.3 is 5.32 Å². The van der Waals surface area contributed by atoms with Crippen LogP contribution in [0.25, 0.3) is 0 Å². The van der Waals surface area contributed by atoms with Crippen LogP contribution in [0.3, 0.4) is 0 Å². The molecular formula is C18H27ClFN. The lowest BCUT2D eigenvalue weighted by atomic mass is 9.65. The quantitative estimate of drug-likeness (QED) is 0.786. The zero-order chi connectivity index (χ0) is 15.6. The average Bonchev–Trinajstić information content (AvgIpc) is 2.36. The van der Waals surface area contributed by atoms with Crippen LogP contribution in [-0.4, -0.2) is 12.6 Å². The molecule has 21 heavy (non-hydrogen) atoms. The van der Waals surface area contributed by atoms with Crippen LogP contribution < -0.4 is 5.32 Å². The summed E-state index contributed by atoms with van der Waals surface area (Å²) in [5.41, 5.74) is 1.12. The van der Waals surface area contributed by atoms with E-state index in [1.54, 1.807) is 0 Å². The van der Waals surface area contributed by atoms with Gasteiger partial charge in [0.1, 0.15) is 5.82 Å². The van der Waals surface area contributed by atoms with Crippen LogP contribution in [0.4, 0.5) is 4.39 Å². The Labute approximate surface area is 133 Å². The maximum atomic E-state index is 14.4. The van der Waals surface area contributed by atoms with Gasteiger partial charge in [-0.05, 0) is 60.8 Å². The zero-order valence-corrected chi connectivity index (χ0v) is 14.3. The number of halogens is 2. The van der Waals surface area contributed by atoms with Crippen LogP contribution in [-0.2, 0) is 0 Å². The first-order valence-corrected chi connectivity index (χ1v) is 8.34. The Morgan fingerprint density at radius 1 is 1.38 bits per heavy atom. The van der Waals surface area contributed by atoms with E-state index >= 15 is 0 Å². The summed E-state index contributed by atoms with van der Waals surface area (Å²) < 4.78 is 14.4. The van der Waals surface area contributed by atoms with Crippen LogP contribution in [0.2, 0.25) is 5.02 Å². The number of rotatable bonds is 4. The van der Waals surface area contributed by atoms with Crippen molar-refractivity contribution < 1.29 is 4.39 Å². The topological polar surface area (TPSA) is 12.0 Å². The lowest BCUT2D eigenvalue weighted by Crippen LogP contribution is -2.37. The maximum absolute atomic E-state index is 14.4. The summed E-state index contributed by atoms with van der Waals surface area (Å²) >= 11 is 5.90. The lowest BCUT2D eigenvalue weighted by Gasteiger charge is -2.41. The number of benzene rings is 1. The molecule has 0 spiro atoms. The molecule has 2 rings (SSSR count). The predicted octanol–water partition coefficient (Wildman–Crippen LogP) is 5.39. The predicted molar refractivity (Wildman–Crippen MR) is 88.4 cm³/mol. The van der Waals surface area contributed by atoms with Gasteiger partial charge in [0.25, 0.3) is 0 Å². The van der Waals surface area contributed by atoms with Gasteiger partial charge in [0, 0.05) is 11.1 Å². The van der Waals surface area contributed by atoms with E-state index in [1.807, 2.05) is 12.1 Å². The standard InChI is InChI=1S/C18H27ClFN/c1-12(2)21-11-13-7-8-18(3,4)10-16(13)15-6-5-14(19)9-17(15)20/h5-6,9,12-13,16,21H,7-8,10-11H2,1-4H3. The Kier molecular flexibility index (Phi) is 5.32. The van der Waals surface area contributed by atoms with Gasteiger partial charge in [-0.2, -0.15) is 0 Å². The molecule has 0 aromatic heterocycles. The van der Waals surface area contributed by atoms with Crippen molar-refractivity contribution in [2.75, 3.05) is 6.54 Å². The van der Waals surface area contributed by atoms with Crippen molar-refractivity contribution in [1.29, 1.82) is 0 Å². The number of hydrogen-bond donors (Lipinski definition) is 1. The highest BCUT2D eigenvalue weighted by Crippen LogP contribution is 2.47. The first-order valence-electron chi connectivity index (χ1n) is 7.97. The van der Waals surface area contributed by atoms with Gasteiger partial charge in [-0.3, -0.25) is 0 Å². The first kappa shape index (κ1) is 16.8. The highest BCUT2D eigenvalue weighted by molar-refractivity contribution is 6.30. The number of nitrogens with one attached hydrogen (secondary N) is 1. The van der Waals surface area contributed by atoms with E-state index in [4.69, 9.17) is 11.6 Å². The largest absolute Gasteiger partial charge is 0.314 e. The molecule has 0 radical (unpaired) electrons. The molecule has 1 nitrogen and oxygen atoms in total. The van der Waals surface area contributed by atoms with Crippen molar-refractivity contribution in [2.24, 2.45) is 11.3 Å². The molecule has 0 saturated heterocycles. The second-order valence-corrected chi connectivity index (χ2v) is 7.94. The third kappa shape index (κ3) is 4.43. The van der Waals surface area contributed by atoms with Gasteiger partial charge in [-0.15, -0.1) is 0 Å². The Balaban J connectivity index is 2.24. The van der Waals surface area contributed by atoms with Crippen LogP contribution >= 0.6 is 11.6 Å². The molecule has 0 aliphatic heterocycles. The summed E-state index contributed by atoms with van der Waals surface area (Å²) in [5.74, 6) is 0.619. The summed E-state index contributed by atoms with van der Waals surface area (Å²) in [5, 5.41) is 4.00. The summed E-state index contributed by atoms with van der Waals surface area (Å²) in [7, 11) is 0. The molecule has 1 aromatic rings. The number of hydrogen-bond acceptors (Lipinski definition) is 1. The molecule has 3 heteroatoms. The fourth-order valence-corrected chi connectivity index (χ4v) is 3.60. The van der Waals surface area contributed by atoms with Gasteiger partial charge >= 0.3 is 0 Å². The van der Waals surface area contributed by atoms with E-state index in [1.165, 1.54) is 12.5 Å². The summed E-state index contributed by atoms with van der Waals surface area (Å²) in [6.45, 7) is 9.86. The van der Waals surface area contributed by atoms with Gasteiger partial charge in [0.2, 0.25) is 0 Å². The van der Waals surface area contributed by atoms with Gasteiger partial charge in [-0.1, -0.05) is 45.4 Å². The van der Waals surface area contributed by atoms with Gasteiger partial charge in [0.15, 0.2) is 0 Å². The molecule has 1 N–H and O–H groups in total. The SMILES string of the molecule is CC(C)NCC1CCC(C)(C)CC1c1ccc(Cl)cc1F. The second kappa shape index (κ2) is 6.66. The second-order valence-electron chi connectivity index (χ2n) is 7.50. The maximum Gasteiger partial charge on any atom is 0.128 e. The average molecular weight is 312 g/mol. The molecule has 1 aliphatic carbocycles. The zero-order valence-electron chi connectivity index (χ0n) is 13.5. The fourth-order valence-electron chi connectivity index (χ4n) is 3.44. The van der Waals surface area contributed by atoms with E-state index in [0.717, 1.165) is 24.9 Å². The minimum Gasteiger partial charge on any atom is -0.314 e. The van der Waals surface area contributed by atoms with E-state index < -0.39 is 0 Å². The molecule has 0 heterocycles. The molecular weight excluding hydrogens is 285 g/mol. The normalized spacial score (nSPS) is 25.3. The molecule has 2 unspecified atom stereocenters. The van der Waals surface area contributed by atoms with Crippen LogP contribution in [0.1, 0.15) is 58.4 Å². The van der Waals surface area contributed by atoms with Crippen molar-refractivity contribution >= 4 is 11.6 Å². The van der Waals surface area contributed by atoms with Crippen molar-refractivity contribution in [2.45, 2.75) is 58.9 Å². The third-order valence-electron chi connectivity index (χ3n) is 4.68. The third-order valence-corrected chi connectivity index (χ3v) is 4.92. The molecule has 1 aliphatic rings. The van der Waals surface area contributed by atoms with Crippen molar-refractivity contribution in [3.8, 4) is 0 Å². The Bertz CT molecular complexity index is 482. The van der Waals surface area contributed by atoms with E-state index in [0.29, 0.717) is 17.0 Å². The highest BCUT2D eigenvalue weighted by atomic mass is 35.5. The molecule has 1 fully saturated rings. The van der Waals surface area contributed by atoms with E-state index in [-0.39, 0.29) is 17.2 Å². The van der Waals surface area contributed by atoms with Crippen molar-refractivity contribution in [3.05, 3.63) is 34.6 Å². The molecule has 0 bridgehead atoms. The molecule has 118 valence electrons. The van der Waals surface area contributed by atoms with Crippen molar-refractivity contribution in [1.82, 2.24) is 5.32 Å². The van der Waals surface area contributed by atoms with E-state index in [9.17, 15) is 4.39 Å². The highest BCUT2D eigenvalue weighted by Gasteiger charge is 2.36. The molecule has 2 atom stereocenters. The Morgan fingerprint density at radius 2 is 2.10 bits per heavy atom.